The number of hydrogen-bond donors (Lipinski definition) is 2. The maximum absolute atomic E-state index is 12.1. The van der Waals surface area contributed by atoms with Crippen molar-refractivity contribution in [2.45, 2.75) is 5.60 Å². The van der Waals surface area contributed by atoms with Crippen molar-refractivity contribution in [3.8, 4) is 0 Å². The molecule has 4 aromatic rings. The van der Waals surface area contributed by atoms with Gasteiger partial charge in [-0.3, -0.25) is 0 Å². The van der Waals surface area contributed by atoms with Crippen LogP contribution in [0.2, 0.25) is 10.0 Å². The van der Waals surface area contributed by atoms with Crippen LogP contribution in [-0.4, -0.2) is 38.0 Å². The van der Waals surface area contributed by atoms with Gasteiger partial charge in [-0.2, -0.15) is 14.0 Å². The van der Waals surface area contributed by atoms with E-state index in [2.05, 4.69) is 29.2 Å². The third-order valence-corrected chi connectivity index (χ3v) is 7.06. The first-order chi connectivity index (χ1) is 20.2. The summed E-state index contributed by atoms with van der Waals surface area (Å²) in [6.07, 6.45) is 5.77. The van der Waals surface area contributed by atoms with Crippen molar-refractivity contribution in [3.05, 3.63) is 148 Å². The highest BCUT2D eigenvalue weighted by atomic mass is 35.7. The third kappa shape index (κ3) is 10.1. The average Bonchev–Trinajstić information content (AvgIpc) is 2.95. The zero-order valence-electron chi connectivity index (χ0n) is 24.1. The van der Waals surface area contributed by atoms with E-state index in [1.165, 1.54) is 0 Å². The van der Waals surface area contributed by atoms with Gasteiger partial charge in [0.15, 0.2) is 0 Å². The molecule has 0 saturated heterocycles. The van der Waals surface area contributed by atoms with E-state index in [0.29, 0.717) is 10.0 Å². The van der Waals surface area contributed by atoms with Gasteiger partial charge < -0.3 is 14.9 Å². The van der Waals surface area contributed by atoms with Crippen LogP contribution in [-0.2, 0) is 5.60 Å². The fourth-order valence-electron chi connectivity index (χ4n) is 4.29. The highest BCUT2D eigenvalue weighted by Gasteiger charge is 2.28. The fourth-order valence-corrected chi connectivity index (χ4v) is 4.54. The molecule has 4 rings (SSSR count). The van der Waals surface area contributed by atoms with Crippen LogP contribution in [0.3, 0.4) is 0 Å². The molecule has 1 unspecified atom stereocenters. The predicted molar refractivity (Wildman–Crippen MR) is 166 cm³/mol. The summed E-state index contributed by atoms with van der Waals surface area (Å²) in [5, 5.41) is 13.4. The van der Waals surface area contributed by atoms with Gasteiger partial charge in [-0.25, -0.2) is 0 Å². The van der Waals surface area contributed by atoms with Crippen LogP contribution in [0.1, 0.15) is 22.3 Å². The molecular weight excluding hydrogens is 611 g/mol. The van der Waals surface area contributed by atoms with E-state index in [-0.39, 0.29) is 0 Å². The minimum atomic E-state index is -4.69. The number of benzene rings is 4. The van der Waals surface area contributed by atoms with E-state index in [9.17, 15) is 5.11 Å². The molecular formula is C33H33Cl3N2O5. The number of hydrogen-bond acceptors (Lipinski definition) is 7. The Morgan fingerprint density at radius 3 is 1.37 bits per heavy atom. The maximum Gasteiger partial charge on any atom is 0.133 e. The van der Waals surface area contributed by atoms with Crippen LogP contribution in [0.5, 0.6) is 0 Å². The molecule has 0 spiro atoms. The Balaban J connectivity index is 0.000000934. The lowest BCUT2D eigenvalue weighted by molar-refractivity contribution is -1.92. The van der Waals surface area contributed by atoms with Crippen LogP contribution < -0.4 is 23.8 Å². The van der Waals surface area contributed by atoms with Crippen LogP contribution in [0.15, 0.2) is 115 Å². The second kappa shape index (κ2) is 14.9. The van der Waals surface area contributed by atoms with Crippen molar-refractivity contribution in [2.75, 3.05) is 38.0 Å². The lowest BCUT2D eigenvalue weighted by Gasteiger charge is -2.27. The Morgan fingerprint density at radius 1 is 0.651 bits per heavy atom. The van der Waals surface area contributed by atoms with Crippen LogP contribution in [0.4, 0.5) is 11.4 Å². The Hall–Kier alpha value is -3.37. The maximum atomic E-state index is 12.1. The molecule has 0 radical (unpaired) electrons. The number of anilines is 2. The van der Waals surface area contributed by atoms with Crippen molar-refractivity contribution in [1.82, 2.24) is 0 Å². The quantitative estimate of drug-likeness (QED) is 0.280. The second-order valence-electron chi connectivity index (χ2n) is 10.00. The van der Waals surface area contributed by atoms with Gasteiger partial charge in [-0.15, -0.1) is 0 Å². The highest BCUT2D eigenvalue weighted by molar-refractivity contribution is 6.30. The number of aliphatic hydroxyl groups is 1. The number of nitrogens with zero attached hydrogens (tertiary/aromatic N) is 2. The summed E-state index contributed by atoms with van der Waals surface area (Å²) in [6.45, 7) is 0. The van der Waals surface area contributed by atoms with Gasteiger partial charge in [0.25, 0.3) is 0 Å². The molecule has 0 aromatic heterocycles. The van der Waals surface area contributed by atoms with E-state index in [0.717, 1.165) is 39.2 Å². The molecule has 0 bridgehead atoms. The molecule has 43 heavy (non-hydrogen) atoms. The molecule has 4 aromatic carbocycles. The van der Waals surface area contributed by atoms with Crippen molar-refractivity contribution < 1.29 is 34.0 Å². The Kier molecular flexibility index (Phi) is 11.8. The number of halogens is 3. The normalized spacial score (nSPS) is 13.2. The van der Waals surface area contributed by atoms with Crippen molar-refractivity contribution in [1.29, 1.82) is 0 Å². The molecule has 226 valence electrons. The first kappa shape index (κ1) is 34.1. The molecule has 0 aliphatic carbocycles. The van der Waals surface area contributed by atoms with Gasteiger partial charge in [0.2, 0.25) is 0 Å². The van der Waals surface area contributed by atoms with Crippen LogP contribution >= 0.6 is 23.2 Å². The van der Waals surface area contributed by atoms with E-state index >= 15 is 0 Å². The second-order valence-corrected chi connectivity index (χ2v) is 11.7. The van der Waals surface area contributed by atoms with Gasteiger partial charge in [-0.05, 0) is 82.4 Å². The lowest BCUT2D eigenvalue weighted by atomic mass is 9.85. The monoisotopic (exact) mass is 642 g/mol. The zero-order chi connectivity index (χ0) is 31.8. The number of allylic oxidation sites excluding steroid dienone is 2. The van der Waals surface area contributed by atoms with Gasteiger partial charge in [0.1, 0.15) is 5.60 Å². The molecule has 1 atom stereocenters. The molecule has 2 N–H and O–H groups in total. The van der Waals surface area contributed by atoms with E-state index < -0.39 is 15.8 Å². The largest absolute Gasteiger partial charge is 0.378 e. The molecule has 0 amide bonds. The fraction of sp³-hybridized carbons (Fsp3) is 0.152. The predicted octanol–water partition coefficient (Wildman–Crippen LogP) is 3.93. The summed E-state index contributed by atoms with van der Waals surface area (Å²) >= 11 is 12.3. The van der Waals surface area contributed by atoms with Gasteiger partial charge in [-0.1, -0.05) is 83.9 Å². The van der Waals surface area contributed by atoms with Gasteiger partial charge in [0, 0.05) is 49.6 Å². The smallest absolute Gasteiger partial charge is 0.133 e. The lowest BCUT2D eigenvalue weighted by Crippen LogP contribution is -2.58. The Morgan fingerprint density at radius 2 is 0.977 bits per heavy atom. The summed E-state index contributed by atoms with van der Waals surface area (Å²) in [5.41, 5.74) is 5.43. The molecule has 10 heteroatoms. The summed E-state index contributed by atoms with van der Waals surface area (Å²) < 4.78 is 32.7. The standard InChI is InChI=1S/C33H32Cl2N2O.ClHO4/c1-36(2)30-19-9-25(10-20-30)32(24-7-15-28(34)16-8-24)6-5-23-33(38,26-11-17-29(35)18-12-26)27-13-21-31(22-14-27)37(3)4;2-1(3,4)5/h5-23,38H,1-4H3;(H,2,3,4,5). The first-order valence-corrected chi connectivity index (χ1v) is 15.0. The summed E-state index contributed by atoms with van der Waals surface area (Å²) in [7, 11) is 3.34. The minimum absolute atomic E-state index is 0.620. The van der Waals surface area contributed by atoms with Crippen molar-refractivity contribution >= 4 is 40.1 Å². The third-order valence-electron chi connectivity index (χ3n) is 6.56. The molecule has 0 aliphatic heterocycles. The summed E-state index contributed by atoms with van der Waals surface area (Å²) in [6, 6.07) is 31.4. The topological polar surface area (TPSA) is 116 Å². The first-order valence-electron chi connectivity index (χ1n) is 13.0. The molecule has 7 nitrogen and oxygen atoms in total. The molecule has 0 aliphatic rings. The van der Waals surface area contributed by atoms with Gasteiger partial charge >= 0.3 is 0 Å². The van der Waals surface area contributed by atoms with E-state index in [4.69, 9.17) is 41.8 Å². The van der Waals surface area contributed by atoms with Crippen molar-refractivity contribution in [3.63, 3.8) is 0 Å². The van der Waals surface area contributed by atoms with E-state index in [1.54, 1.807) is 12.1 Å². The Bertz CT molecular complexity index is 1510. The molecule has 0 fully saturated rings. The SMILES string of the molecule is CN(C)c1ccc(C(=CC=CC(O)(c2ccc(Cl)cc2)c2ccc(N(C)C)cc2)c2ccc(Cl)cc2)cc1.[O-][Cl+3]([O-])([O-])O. The van der Waals surface area contributed by atoms with Crippen LogP contribution in [0.25, 0.3) is 5.57 Å². The van der Waals surface area contributed by atoms with E-state index in [1.807, 2.05) is 112 Å². The average molecular weight is 644 g/mol. The summed E-state index contributed by atoms with van der Waals surface area (Å²) in [4.78, 5) is 4.10. The molecule has 0 saturated carbocycles. The van der Waals surface area contributed by atoms with Crippen LogP contribution in [0, 0.1) is 10.2 Å². The Labute approximate surface area is 264 Å². The zero-order valence-corrected chi connectivity index (χ0v) is 26.4. The highest BCUT2D eigenvalue weighted by Crippen LogP contribution is 2.34. The molecule has 0 heterocycles. The minimum Gasteiger partial charge on any atom is -0.378 e. The number of rotatable bonds is 8. The summed E-state index contributed by atoms with van der Waals surface area (Å²) in [5.74, 6) is 0. The van der Waals surface area contributed by atoms with Gasteiger partial charge in [0.05, 0.1) is 14.9 Å². The van der Waals surface area contributed by atoms with Crippen molar-refractivity contribution in [2.24, 2.45) is 0 Å².